The molecule has 5 nitrogen and oxygen atoms in total. The molecule has 2 fully saturated rings. The van der Waals surface area contributed by atoms with E-state index in [4.69, 9.17) is 0 Å². The molecule has 1 aromatic carbocycles. The molecule has 1 aliphatic carbocycles. The molecular weight excluding hydrogens is 348 g/mol. The van der Waals surface area contributed by atoms with Gasteiger partial charge in [-0.1, -0.05) is 49.6 Å². The first-order valence-corrected chi connectivity index (χ1v) is 10.7. The zero-order chi connectivity index (χ0) is 19.4. The third-order valence-electron chi connectivity index (χ3n) is 6.54. The zero-order valence-electron chi connectivity index (χ0n) is 16.9. The van der Waals surface area contributed by atoms with Gasteiger partial charge in [0.25, 0.3) is 0 Å². The summed E-state index contributed by atoms with van der Waals surface area (Å²) in [5.41, 5.74) is 2.68. The van der Waals surface area contributed by atoms with Gasteiger partial charge in [-0.05, 0) is 37.3 Å². The average Bonchev–Trinajstić information content (AvgIpc) is 3.37. The summed E-state index contributed by atoms with van der Waals surface area (Å²) in [6.45, 7) is 5.17. The predicted molar refractivity (Wildman–Crippen MR) is 111 cm³/mol. The number of nitrogens with one attached hydrogen (secondary N) is 1. The van der Waals surface area contributed by atoms with E-state index in [1.807, 2.05) is 6.20 Å². The molecule has 2 aliphatic rings. The lowest BCUT2D eigenvalue weighted by molar-refractivity contribution is -0.122. The second-order valence-corrected chi connectivity index (χ2v) is 8.66. The van der Waals surface area contributed by atoms with Crippen LogP contribution in [0.1, 0.15) is 55.7 Å². The maximum absolute atomic E-state index is 12.7. The molecule has 0 radical (unpaired) electrons. The lowest BCUT2D eigenvalue weighted by Crippen LogP contribution is -2.45. The van der Waals surface area contributed by atoms with Crippen LogP contribution in [0.5, 0.6) is 0 Å². The van der Waals surface area contributed by atoms with E-state index in [0.717, 1.165) is 26.1 Å². The van der Waals surface area contributed by atoms with Gasteiger partial charge in [0.15, 0.2) is 0 Å². The van der Waals surface area contributed by atoms with Gasteiger partial charge in [-0.15, -0.1) is 0 Å². The Balaban J connectivity index is 1.32. The lowest BCUT2D eigenvalue weighted by Gasteiger charge is -2.38. The summed E-state index contributed by atoms with van der Waals surface area (Å²) in [5, 5.41) is 7.72. The van der Waals surface area contributed by atoms with Crippen molar-refractivity contribution >= 4 is 5.91 Å². The van der Waals surface area contributed by atoms with Crippen molar-refractivity contribution in [3.63, 3.8) is 0 Å². The first-order valence-electron chi connectivity index (χ1n) is 10.7. The van der Waals surface area contributed by atoms with Gasteiger partial charge in [0.1, 0.15) is 0 Å². The van der Waals surface area contributed by atoms with Gasteiger partial charge in [-0.3, -0.25) is 14.4 Å². The Morgan fingerprint density at radius 1 is 1.21 bits per heavy atom. The molecule has 1 saturated carbocycles. The first-order chi connectivity index (χ1) is 13.6. The van der Waals surface area contributed by atoms with Crippen molar-refractivity contribution in [2.45, 2.75) is 56.9 Å². The molecule has 2 heterocycles. The third-order valence-corrected chi connectivity index (χ3v) is 6.54. The van der Waals surface area contributed by atoms with Crippen LogP contribution >= 0.6 is 0 Å². The van der Waals surface area contributed by atoms with Gasteiger partial charge < -0.3 is 5.32 Å². The zero-order valence-corrected chi connectivity index (χ0v) is 16.9. The molecule has 150 valence electrons. The number of nitrogens with zero attached hydrogens (tertiary/aromatic N) is 3. The minimum absolute atomic E-state index is 0.106. The number of amides is 1. The number of benzene rings is 1. The Morgan fingerprint density at radius 3 is 2.71 bits per heavy atom. The number of hydrogen-bond donors (Lipinski definition) is 1. The number of hydrogen-bond acceptors (Lipinski definition) is 3. The van der Waals surface area contributed by atoms with Crippen LogP contribution in [0.25, 0.3) is 0 Å². The molecule has 1 amide bonds. The van der Waals surface area contributed by atoms with Gasteiger partial charge >= 0.3 is 0 Å². The maximum atomic E-state index is 12.7. The summed E-state index contributed by atoms with van der Waals surface area (Å²) in [6.07, 6.45) is 11.2. The Morgan fingerprint density at radius 2 is 2.00 bits per heavy atom. The third kappa shape index (κ3) is 4.30. The van der Waals surface area contributed by atoms with Crippen molar-refractivity contribution in [3.05, 3.63) is 53.9 Å². The molecule has 0 bridgehead atoms. The summed E-state index contributed by atoms with van der Waals surface area (Å²) in [7, 11) is 0. The highest BCUT2D eigenvalue weighted by molar-refractivity contribution is 5.78. The number of carbonyl (C=O) groups is 1. The van der Waals surface area contributed by atoms with Gasteiger partial charge in [-0.2, -0.15) is 5.10 Å². The Hall–Kier alpha value is -2.14. The van der Waals surface area contributed by atoms with Crippen LogP contribution in [0.3, 0.4) is 0 Å². The minimum Gasteiger partial charge on any atom is -0.354 e. The molecular formula is C23H32N4O. The van der Waals surface area contributed by atoms with E-state index in [0.29, 0.717) is 12.6 Å². The molecule has 1 N–H and O–H groups in total. The topological polar surface area (TPSA) is 50.2 Å². The molecule has 1 unspecified atom stereocenters. The summed E-state index contributed by atoms with van der Waals surface area (Å²) in [5.74, 6) is 0.151. The van der Waals surface area contributed by atoms with Crippen molar-refractivity contribution in [2.24, 2.45) is 0 Å². The summed E-state index contributed by atoms with van der Waals surface area (Å²) in [4.78, 5) is 14.9. The van der Waals surface area contributed by atoms with Crippen LogP contribution in [-0.4, -0.2) is 46.8 Å². The Bertz CT molecular complexity index is 779. The van der Waals surface area contributed by atoms with E-state index >= 15 is 0 Å². The normalized spacial score (nSPS) is 22.2. The van der Waals surface area contributed by atoms with Crippen molar-refractivity contribution in [3.8, 4) is 0 Å². The van der Waals surface area contributed by atoms with E-state index in [1.54, 1.807) is 0 Å². The van der Waals surface area contributed by atoms with Crippen LogP contribution in [0, 0.1) is 6.92 Å². The number of likely N-dealkylation sites (tertiary alicyclic amines) is 1. The van der Waals surface area contributed by atoms with E-state index in [-0.39, 0.29) is 11.3 Å². The smallest absolute Gasteiger partial charge is 0.234 e. The highest BCUT2D eigenvalue weighted by atomic mass is 16.2. The lowest BCUT2D eigenvalue weighted by atomic mass is 9.69. The van der Waals surface area contributed by atoms with Gasteiger partial charge in [0, 0.05) is 31.2 Å². The summed E-state index contributed by atoms with van der Waals surface area (Å²) in [6, 6.07) is 11.2. The molecule has 4 rings (SSSR count). The second-order valence-electron chi connectivity index (χ2n) is 8.66. The molecule has 1 saturated heterocycles. The minimum atomic E-state index is 0.106. The fraction of sp³-hybridized carbons (Fsp3) is 0.565. The van der Waals surface area contributed by atoms with Crippen LogP contribution in [0.15, 0.2) is 42.7 Å². The van der Waals surface area contributed by atoms with Gasteiger partial charge in [0.2, 0.25) is 5.91 Å². The molecule has 2 aromatic rings. The first kappa shape index (κ1) is 19.2. The fourth-order valence-corrected chi connectivity index (χ4v) is 4.92. The molecule has 1 atom stereocenters. The van der Waals surface area contributed by atoms with Crippen molar-refractivity contribution in [2.75, 3.05) is 26.2 Å². The average molecular weight is 381 g/mol. The van der Waals surface area contributed by atoms with Gasteiger partial charge in [0.05, 0.1) is 18.8 Å². The number of carbonyl (C=O) groups excluding carboxylic acids is 1. The van der Waals surface area contributed by atoms with E-state index < -0.39 is 0 Å². The van der Waals surface area contributed by atoms with Crippen molar-refractivity contribution in [1.29, 1.82) is 0 Å². The quantitative estimate of drug-likeness (QED) is 0.835. The number of aryl methyl sites for hydroxylation is 1. The predicted octanol–water partition coefficient (Wildman–Crippen LogP) is 3.46. The molecule has 1 aliphatic heterocycles. The van der Waals surface area contributed by atoms with Crippen LogP contribution in [0.4, 0.5) is 0 Å². The van der Waals surface area contributed by atoms with E-state index in [9.17, 15) is 4.79 Å². The summed E-state index contributed by atoms with van der Waals surface area (Å²) >= 11 is 0. The number of rotatable bonds is 6. The highest BCUT2D eigenvalue weighted by Crippen LogP contribution is 2.38. The second kappa shape index (κ2) is 8.48. The fourth-order valence-electron chi connectivity index (χ4n) is 4.92. The van der Waals surface area contributed by atoms with Crippen LogP contribution in [-0.2, 0) is 10.2 Å². The van der Waals surface area contributed by atoms with E-state index in [1.165, 1.54) is 43.2 Å². The van der Waals surface area contributed by atoms with Crippen molar-refractivity contribution in [1.82, 2.24) is 20.0 Å². The van der Waals surface area contributed by atoms with Gasteiger partial charge in [-0.25, -0.2) is 0 Å². The van der Waals surface area contributed by atoms with Crippen LogP contribution in [0.2, 0.25) is 0 Å². The Kier molecular flexibility index (Phi) is 5.81. The monoisotopic (exact) mass is 380 g/mol. The molecule has 0 spiro atoms. The van der Waals surface area contributed by atoms with Crippen molar-refractivity contribution < 1.29 is 4.79 Å². The van der Waals surface area contributed by atoms with Crippen LogP contribution < -0.4 is 5.32 Å². The standard InChI is InChI=1S/C23H32N4O/c1-19-14-25-27(15-19)21-10-13-26(16-21)17-22(28)24-18-23(11-6-3-7-12-23)20-8-4-2-5-9-20/h2,4-5,8-9,14-15,21H,3,6-7,10-13,16-18H2,1H3,(H,24,28). The SMILES string of the molecule is Cc1cnn(C2CCN(CC(=O)NCC3(c4ccccc4)CCCCC3)C2)c1. The van der Waals surface area contributed by atoms with E-state index in [2.05, 4.69) is 63.4 Å². The highest BCUT2D eigenvalue weighted by Gasteiger charge is 2.34. The largest absolute Gasteiger partial charge is 0.354 e. The summed E-state index contributed by atoms with van der Waals surface area (Å²) < 4.78 is 2.06. The maximum Gasteiger partial charge on any atom is 0.234 e. The number of aromatic nitrogens is 2. The molecule has 28 heavy (non-hydrogen) atoms. The molecule has 1 aromatic heterocycles. The Labute approximate surface area is 168 Å². The molecule has 5 heteroatoms.